The van der Waals surface area contributed by atoms with Crippen molar-refractivity contribution in [2.75, 3.05) is 0 Å². The van der Waals surface area contributed by atoms with E-state index in [-0.39, 0.29) is 33.0 Å². The van der Waals surface area contributed by atoms with Crippen molar-refractivity contribution in [1.29, 1.82) is 10.5 Å². The summed E-state index contributed by atoms with van der Waals surface area (Å²) in [6.45, 7) is 0. The highest BCUT2D eigenvalue weighted by atomic mass is 35.5. The highest BCUT2D eigenvalue weighted by molar-refractivity contribution is 6.40. The van der Waals surface area contributed by atoms with Crippen LogP contribution in [0.15, 0.2) is 0 Å². The lowest BCUT2D eigenvalue weighted by Gasteiger charge is -1.99. The first-order valence-corrected chi connectivity index (χ1v) is 4.62. The largest absolute Gasteiger partial charge is 0.211 e. The van der Waals surface area contributed by atoms with Crippen LogP contribution in [-0.4, -0.2) is 19.9 Å². The zero-order valence-electron chi connectivity index (χ0n) is 7.44. The van der Waals surface area contributed by atoms with Gasteiger partial charge in [0.25, 0.3) is 0 Å². The van der Waals surface area contributed by atoms with Gasteiger partial charge in [0.15, 0.2) is 21.7 Å². The number of nitrogens with zero attached hydrogens (tertiary/aromatic N) is 6. The van der Waals surface area contributed by atoms with Crippen molar-refractivity contribution >= 4 is 34.5 Å². The molecule has 0 aliphatic heterocycles. The fourth-order valence-electron chi connectivity index (χ4n) is 1.00. The summed E-state index contributed by atoms with van der Waals surface area (Å²) in [5.41, 5.74) is -0.0970. The molecule has 76 valence electrons. The molecular weight excluding hydrogens is 251 g/mol. The first kappa shape index (κ1) is 10.5. The molecule has 2 heterocycles. The maximum atomic E-state index is 8.72. The third-order valence-corrected chi connectivity index (χ3v) is 2.27. The van der Waals surface area contributed by atoms with Crippen LogP contribution >= 0.6 is 23.2 Å². The van der Waals surface area contributed by atoms with Crippen LogP contribution in [-0.2, 0) is 0 Å². The molecule has 0 aromatic carbocycles. The summed E-state index contributed by atoms with van der Waals surface area (Å²) < 4.78 is 0. The van der Waals surface area contributed by atoms with Crippen molar-refractivity contribution in [3.63, 3.8) is 0 Å². The lowest BCUT2D eigenvalue weighted by molar-refractivity contribution is 1.12. The van der Waals surface area contributed by atoms with Gasteiger partial charge in [-0.1, -0.05) is 23.2 Å². The summed E-state index contributed by atoms with van der Waals surface area (Å²) in [6.07, 6.45) is 0. The Morgan fingerprint density at radius 1 is 0.750 bits per heavy atom. The average Bonchev–Trinajstić information content (AvgIpc) is 2.29. The molecule has 2 aromatic rings. The molecule has 16 heavy (non-hydrogen) atoms. The molecular formula is C8Cl2N6. The van der Waals surface area contributed by atoms with Crippen LogP contribution in [0.4, 0.5) is 0 Å². The Morgan fingerprint density at radius 2 is 1.12 bits per heavy atom. The minimum absolute atomic E-state index is 0.0305. The third-order valence-electron chi connectivity index (χ3n) is 1.65. The Kier molecular flexibility index (Phi) is 2.53. The summed E-state index contributed by atoms with van der Waals surface area (Å²) in [4.78, 5) is 15.2. The van der Waals surface area contributed by atoms with E-state index in [2.05, 4.69) is 19.9 Å². The van der Waals surface area contributed by atoms with Crippen molar-refractivity contribution in [3.8, 4) is 12.1 Å². The number of hydrogen-bond acceptors (Lipinski definition) is 6. The van der Waals surface area contributed by atoms with E-state index in [1.54, 1.807) is 12.1 Å². The molecule has 2 rings (SSSR count). The molecule has 0 amide bonds. The van der Waals surface area contributed by atoms with Gasteiger partial charge in [0.05, 0.1) is 0 Å². The van der Waals surface area contributed by atoms with Crippen molar-refractivity contribution in [3.05, 3.63) is 21.7 Å². The Hall–Kier alpha value is -2.02. The fraction of sp³-hybridized carbons (Fsp3) is 0. The second-order valence-corrected chi connectivity index (χ2v) is 3.31. The fourth-order valence-corrected chi connectivity index (χ4v) is 1.25. The zero-order chi connectivity index (χ0) is 11.7. The lowest BCUT2D eigenvalue weighted by Crippen LogP contribution is -1.99. The van der Waals surface area contributed by atoms with E-state index < -0.39 is 0 Å². The Bertz CT molecular complexity index is 610. The van der Waals surface area contributed by atoms with Crippen LogP contribution in [0, 0.1) is 22.7 Å². The standard InChI is InChI=1S/C8Cl2N6/c9-5-6(10)16-8-7(15-5)13-3(1-11)4(2-12)14-8. The molecule has 8 heteroatoms. The number of nitriles is 2. The quantitative estimate of drug-likeness (QED) is 0.702. The van der Waals surface area contributed by atoms with Crippen LogP contribution < -0.4 is 0 Å². The third kappa shape index (κ3) is 1.61. The molecule has 0 N–H and O–H groups in total. The Balaban J connectivity index is 2.86. The SMILES string of the molecule is N#Cc1nc2nc(Cl)c(Cl)nc2nc1C#N. The topological polar surface area (TPSA) is 99.1 Å². The number of aromatic nitrogens is 4. The van der Waals surface area contributed by atoms with Gasteiger partial charge < -0.3 is 0 Å². The molecule has 0 radical (unpaired) electrons. The van der Waals surface area contributed by atoms with Crippen LogP contribution in [0.1, 0.15) is 11.4 Å². The highest BCUT2D eigenvalue weighted by Crippen LogP contribution is 2.19. The van der Waals surface area contributed by atoms with E-state index in [0.717, 1.165) is 0 Å². The van der Waals surface area contributed by atoms with Crippen molar-refractivity contribution < 1.29 is 0 Å². The van der Waals surface area contributed by atoms with Gasteiger partial charge in [-0.15, -0.1) is 0 Å². The molecule has 0 saturated carbocycles. The van der Waals surface area contributed by atoms with Gasteiger partial charge in [-0.2, -0.15) is 10.5 Å². The van der Waals surface area contributed by atoms with Crippen molar-refractivity contribution in [2.24, 2.45) is 0 Å². The molecule has 0 bridgehead atoms. The number of halogens is 2. The molecule has 0 atom stereocenters. The second kappa shape index (κ2) is 3.86. The molecule has 6 nitrogen and oxygen atoms in total. The summed E-state index contributed by atoms with van der Waals surface area (Å²) in [6, 6.07) is 3.47. The second-order valence-electron chi connectivity index (χ2n) is 2.60. The predicted molar refractivity (Wildman–Crippen MR) is 54.6 cm³/mol. The lowest BCUT2D eigenvalue weighted by atomic mass is 10.3. The van der Waals surface area contributed by atoms with E-state index >= 15 is 0 Å². The van der Waals surface area contributed by atoms with Crippen LogP contribution in [0.5, 0.6) is 0 Å². The van der Waals surface area contributed by atoms with Crippen LogP contribution in [0.3, 0.4) is 0 Å². The number of hydrogen-bond donors (Lipinski definition) is 0. The minimum atomic E-state index is -0.123. The molecule has 2 aromatic heterocycles. The van der Waals surface area contributed by atoms with E-state index in [1.807, 2.05) is 0 Å². The van der Waals surface area contributed by atoms with Crippen molar-refractivity contribution in [1.82, 2.24) is 19.9 Å². The maximum Gasteiger partial charge on any atom is 0.200 e. The van der Waals surface area contributed by atoms with Crippen LogP contribution in [0.25, 0.3) is 11.3 Å². The van der Waals surface area contributed by atoms with Gasteiger partial charge >= 0.3 is 0 Å². The summed E-state index contributed by atoms with van der Waals surface area (Å²) in [5, 5.41) is 17.4. The van der Waals surface area contributed by atoms with Crippen LogP contribution in [0.2, 0.25) is 10.3 Å². The first-order chi connectivity index (χ1) is 7.65. The summed E-state index contributed by atoms with van der Waals surface area (Å²) >= 11 is 11.3. The van der Waals surface area contributed by atoms with E-state index in [0.29, 0.717) is 0 Å². The molecule has 0 spiro atoms. The maximum absolute atomic E-state index is 8.72. The monoisotopic (exact) mass is 250 g/mol. The summed E-state index contributed by atoms with van der Waals surface area (Å²) in [5.74, 6) is 0. The highest BCUT2D eigenvalue weighted by Gasteiger charge is 2.12. The van der Waals surface area contributed by atoms with Gasteiger partial charge in [-0.25, -0.2) is 19.9 Å². The zero-order valence-corrected chi connectivity index (χ0v) is 8.95. The minimum Gasteiger partial charge on any atom is -0.211 e. The van der Waals surface area contributed by atoms with E-state index in [9.17, 15) is 0 Å². The Labute approximate surface area is 99.1 Å². The first-order valence-electron chi connectivity index (χ1n) is 3.86. The van der Waals surface area contributed by atoms with Gasteiger partial charge in [0, 0.05) is 0 Å². The molecule has 0 fully saturated rings. The summed E-state index contributed by atoms with van der Waals surface area (Å²) in [7, 11) is 0. The normalized spacial score (nSPS) is 9.75. The van der Waals surface area contributed by atoms with E-state index in [1.165, 1.54) is 0 Å². The molecule has 0 saturated heterocycles. The van der Waals surface area contributed by atoms with Crippen molar-refractivity contribution in [2.45, 2.75) is 0 Å². The molecule has 0 aliphatic rings. The molecule has 0 unspecified atom stereocenters. The number of rotatable bonds is 0. The average molecular weight is 251 g/mol. The van der Waals surface area contributed by atoms with Gasteiger partial charge in [0.1, 0.15) is 12.1 Å². The smallest absolute Gasteiger partial charge is 0.200 e. The van der Waals surface area contributed by atoms with E-state index in [4.69, 9.17) is 33.7 Å². The number of fused-ring (bicyclic) bond motifs is 1. The molecule has 0 aliphatic carbocycles. The van der Waals surface area contributed by atoms with Gasteiger partial charge in [-0.05, 0) is 0 Å². The van der Waals surface area contributed by atoms with Gasteiger partial charge in [0.2, 0.25) is 11.3 Å². The van der Waals surface area contributed by atoms with Gasteiger partial charge in [-0.3, -0.25) is 0 Å². The predicted octanol–water partition coefficient (Wildman–Crippen LogP) is 1.47. The Morgan fingerprint density at radius 3 is 1.44 bits per heavy atom.